The van der Waals surface area contributed by atoms with Crippen molar-refractivity contribution < 1.29 is 19.2 Å². The highest BCUT2D eigenvalue weighted by Crippen LogP contribution is 2.05. The highest BCUT2D eigenvalue weighted by atomic mass is 16.2. The Morgan fingerprint density at radius 3 is 2.26 bits per heavy atom. The topological polar surface area (TPSA) is 118 Å². The summed E-state index contributed by atoms with van der Waals surface area (Å²) in [7, 11) is 0. The lowest BCUT2D eigenvalue weighted by Crippen LogP contribution is -2.52. The van der Waals surface area contributed by atoms with Gasteiger partial charge in [-0.05, 0) is 18.8 Å². The van der Waals surface area contributed by atoms with Gasteiger partial charge in [0.1, 0.15) is 18.4 Å². The van der Waals surface area contributed by atoms with E-state index in [0.717, 1.165) is 0 Å². The van der Waals surface area contributed by atoms with Crippen molar-refractivity contribution in [1.29, 1.82) is 0 Å². The van der Waals surface area contributed by atoms with Gasteiger partial charge in [0.15, 0.2) is 0 Å². The average molecular weight is 271 g/mol. The lowest BCUT2D eigenvalue weighted by Gasteiger charge is -2.21. The van der Waals surface area contributed by atoms with Crippen LogP contribution in [0.3, 0.4) is 0 Å². The summed E-state index contributed by atoms with van der Waals surface area (Å²) in [6.45, 7) is 3.80. The number of aldehydes is 1. The van der Waals surface area contributed by atoms with Crippen molar-refractivity contribution in [1.82, 2.24) is 10.6 Å². The van der Waals surface area contributed by atoms with E-state index in [1.165, 1.54) is 0 Å². The van der Waals surface area contributed by atoms with E-state index in [4.69, 9.17) is 5.73 Å². The molecule has 0 saturated heterocycles. The predicted molar refractivity (Wildman–Crippen MR) is 68.9 cm³/mol. The molecule has 0 fully saturated rings. The standard InChI is InChI=1S/C12H21N3O4/c1-8(2)6-10(11(13)18)15-12(19)9(14-7-17)4-3-5-16/h5,7-10H,3-4,6H2,1-2H3,(H2,13,18)(H,14,17)(H,15,19)/t9-,10-/m1/s1. The Morgan fingerprint density at radius 1 is 1.21 bits per heavy atom. The number of rotatable bonds is 10. The monoisotopic (exact) mass is 271 g/mol. The highest BCUT2D eigenvalue weighted by molar-refractivity contribution is 5.89. The zero-order valence-electron chi connectivity index (χ0n) is 11.2. The van der Waals surface area contributed by atoms with E-state index in [0.29, 0.717) is 19.1 Å². The molecule has 7 heteroatoms. The van der Waals surface area contributed by atoms with Crippen LogP contribution < -0.4 is 16.4 Å². The van der Waals surface area contributed by atoms with Crippen LogP contribution in [-0.4, -0.2) is 36.6 Å². The van der Waals surface area contributed by atoms with Crippen molar-refractivity contribution in [3.63, 3.8) is 0 Å². The Hall–Kier alpha value is -1.92. The molecule has 19 heavy (non-hydrogen) atoms. The highest BCUT2D eigenvalue weighted by Gasteiger charge is 2.24. The number of hydrogen-bond acceptors (Lipinski definition) is 4. The SMILES string of the molecule is CC(C)C[C@@H](NC(=O)[C@@H](CCC=O)NC=O)C(N)=O. The van der Waals surface area contributed by atoms with Crippen LogP contribution in [0.1, 0.15) is 33.1 Å². The number of amides is 3. The Morgan fingerprint density at radius 2 is 1.84 bits per heavy atom. The van der Waals surface area contributed by atoms with E-state index < -0.39 is 23.9 Å². The van der Waals surface area contributed by atoms with Crippen molar-refractivity contribution in [3.05, 3.63) is 0 Å². The molecule has 0 aromatic carbocycles. The van der Waals surface area contributed by atoms with Crippen LogP contribution in [0.4, 0.5) is 0 Å². The van der Waals surface area contributed by atoms with E-state index >= 15 is 0 Å². The summed E-state index contributed by atoms with van der Waals surface area (Å²) in [5.74, 6) is -0.953. The van der Waals surface area contributed by atoms with Gasteiger partial charge >= 0.3 is 0 Å². The Kier molecular flexibility index (Phi) is 8.15. The maximum absolute atomic E-state index is 11.9. The second-order valence-corrected chi connectivity index (χ2v) is 4.67. The molecule has 7 nitrogen and oxygen atoms in total. The fourth-order valence-electron chi connectivity index (χ4n) is 1.60. The molecule has 0 rings (SSSR count). The molecule has 0 spiro atoms. The largest absolute Gasteiger partial charge is 0.368 e. The first-order chi connectivity index (χ1) is 8.92. The fraction of sp³-hybridized carbons (Fsp3) is 0.667. The van der Waals surface area contributed by atoms with Crippen molar-refractivity contribution in [2.24, 2.45) is 11.7 Å². The van der Waals surface area contributed by atoms with E-state index in [1.807, 2.05) is 13.8 Å². The third kappa shape index (κ3) is 7.17. The zero-order valence-corrected chi connectivity index (χ0v) is 11.2. The number of hydrogen-bond donors (Lipinski definition) is 3. The third-order valence-electron chi connectivity index (χ3n) is 2.53. The minimum Gasteiger partial charge on any atom is -0.368 e. The van der Waals surface area contributed by atoms with Crippen LogP contribution in [0.15, 0.2) is 0 Å². The lowest BCUT2D eigenvalue weighted by atomic mass is 10.0. The van der Waals surface area contributed by atoms with E-state index in [2.05, 4.69) is 10.6 Å². The summed E-state index contributed by atoms with van der Waals surface area (Å²) >= 11 is 0. The van der Waals surface area contributed by atoms with Gasteiger partial charge in [-0.3, -0.25) is 14.4 Å². The molecule has 0 bridgehead atoms. The van der Waals surface area contributed by atoms with E-state index in [-0.39, 0.29) is 18.8 Å². The first-order valence-corrected chi connectivity index (χ1v) is 6.15. The van der Waals surface area contributed by atoms with Crippen LogP contribution in [0.25, 0.3) is 0 Å². The van der Waals surface area contributed by atoms with Crippen LogP contribution in [0.5, 0.6) is 0 Å². The van der Waals surface area contributed by atoms with E-state index in [9.17, 15) is 19.2 Å². The van der Waals surface area contributed by atoms with E-state index in [1.54, 1.807) is 0 Å². The van der Waals surface area contributed by atoms with Gasteiger partial charge in [-0.1, -0.05) is 13.8 Å². The third-order valence-corrected chi connectivity index (χ3v) is 2.53. The van der Waals surface area contributed by atoms with Gasteiger partial charge in [0.2, 0.25) is 18.2 Å². The molecule has 0 aliphatic carbocycles. The van der Waals surface area contributed by atoms with Crippen LogP contribution in [0, 0.1) is 5.92 Å². The van der Waals surface area contributed by atoms with Gasteiger partial charge in [-0.15, -0.1) is 0 Å². The first kappa shape index (κ1) is 17.1. The van der Waals surface area contributed by atoms with Gasteiger partial charge in [-0.25, -0.2) is 0 Å². The fourth-order valence-corrected chi connectivity index (χ4v) is 1.60. The molecule has 0 saturated carbocycles. The van der Waals surface area contributed by atoms with Crippen LogP contribution in [-0.2, 0) is 19.2 Å². The van der Waals surface area contributed by atoms with Crippen molar-refractivity contribution in [2.45, 2.75) is 45.2 Å². The molecule has 0 aliphatic rings. The average Bonchev–Trinajstić information content (AvgIpc) is 2.32. The number of primary amides is 1. The quantitative estimate of drug-likeness (QED) is 0.446. The zero-order chi connectivity index (χ0) is 14.8. The summed E-state index contributed by atoms with van der Waals surface area (Å²) in [6.07, 6.45) is 1.79. The number of nitrogens with two attached hydrogens (primary N) is 1. The first-order valence-electron chi connectivity index (χ1n) is 6.15. The Balaban J connectivity index is 4.59. The summed E-state index contributed by atoms with van der Waals surface area (Å²) < 4.78 is 0. The second-order valence-electron chi connectivity index (χ2n) is 4.67. The normalized spacial score (nSPS) is 13.4. The summed E-state index contributed by atoms with van der Waals surface area (Å²) in [4.78, 5) is 43.8. The minimum atomic E-state index is -0.836. The Labute approximate surface area is 112 Å². The summed E-state index contributed by atoms with van der Waals surface area (Å²) in [5, 5.41) is 4.80. The van der Waals surface area contributed by atoms with Crippen LogP contribution >= 0.6 is 0 Å². The summed E-state index contributed by atoms with van der Waals surface area (Å²) in [6, 6.07) is -1.61. The van der Waals surface area contributed by atoms with Crippen molar-refractivity contribution in [3.8, 4) is 0 Å². The van der Waals surface area contributed by atoms with Crippen molar-refractivity contribution in [2.75, 3.05) is 0 Å². The molecule has 108 valence electrons. The molecule has 2 atom stereocenters. The smallest absolute Gasteiger partial charge is 0.243 e. The molecule has 4 N–H and O–H groups in total. The van der Waals surface area contributed by atoms with Gasteiger partial charge in [0, 0.05) is 6.42 Å². The van der Waals surface area contributed by atoms with Gasteiger partial charge in [0.05, 0.1) is 0 Å². The maximum Gasteiger partial charge on any atom is 0.243 e. The molecular formula is C12H21N3O4. The number of carbonyl (C=O) groups is 4. The summed E-state index contributed by atoms with van der Waals surface area (Å²) in [5.41, 5.74) is 5.21. The molecule has 3 amide bonds. The second kappa shape index (κ2) is 9.07. The van der Waals surface area contributed by atoms with Crippen molar-refractivity contribution >= 4 is 24.5 Å². The lowest BCUT2D eigenvalue weighted by molar-refractivity contribution is -0.130. The molecule has 0 radical (unpaired) electrons. The predicted octanol–water partition coefficient (Wildman–Crippen LogP) is -0.904. The molecule has 0 unspecified atom stereocenters. The van der Waals surface area contributed by atoms with Crippen LogP contribution in [0.2, 0.25) is 0 Å². The molecule has 0 heterocycles. The number of nitrogens with one attached hydrogen (secondary N) is 2. The minimum absolute atomic E-state index is 0.143. The number of carbonyl (C=O) groups excluding carboxylic acids is 4. The van der Waals surface area contributed by atoms with Gasteiger partial charge < -0.3 is 21.2 Å². The molecule has 0 aromatic heterocycles. The molecular weight excluding hydrogens is 250 g/mol. The maximum atomic E-state index is 11.9. The Bertz CT molecular complexity index is 331. The molecule has 0 aromatic rings. The van der Waals surface area contributed by atoms with Gasteiger partial charge in [-0.2, -0.15) is 0 Å². The van der Waals surface area contributed by atoms with Gasteiger partial charge in [0.25, 0.3) is 0 Å². The molecule has 0 aliphatic heterocycles.